The van der Waals surface area contributed by atoms with Gasteiger partial charge in [-0.15, -0.1) is 0 Å². The van der Waals surface area contributed by atoms with Crippen molar-refractivity contribution in [3.05, 3.63) is 54.1 Å². The van der Waals surface area contributed by atoms with Gasteiger partial charge in [0.05, 0.1) is 11.5 Å². The Balaban J connectivity index is 1.71. The Kier molecular flexibility index (Phi) is 4.82. The van der Waals surface area contributed by atoms with Crippen molar-refractivity contribution in [2.45, 2.75) is 17.4 Å². The van der Waals surface area contributed by atoms with Gasteiger partial charge >= 0.3 is 0 Å². The highest BCUT2D eigenvalue weighted by atomic mass is 32.2. The minimum Gasteiger partial charge on any atom is -0.431 e. The molecule has 130 valence electrons. The first kappa shape index (κ1) is 17.5. The highest BCUT2D eigenvalue weighted by Crippen LogP contribution is 2.28. The number of sulfonamides is 1. The van der Waals surface area contributed by atoms with Crippen molar-refractivity contribution in [1.29, 1.82) is 0 Å². The Morgan fingerprint density at radius 3 is 2.48 bits per heavy atom. The van der Waals surface area contributed by atoms with Gasteiger partial charge in [-0.2, -0.15) is 0 Å². The zero-order valence-electron chi connectivity index (χ0n) is 13.6. The summed E-state index contributed by atoms with van der Waals surface area (Å²) in [6.07, 6.45) is 1.07. The molecule has 0 amide bonds. The predicted molar refractivity (Wildman–Crippen MR) is 98.6 cm³/mol. The average molecular weight is 376 g/mol. The Hall–Kier alpha value is -2.32. The van der Waals surface area contributed by atoms with Crippen LogP contribution in [0, 0.1) is 0 Å². The summed E-state index contributed by atoms with van der Waals surface area (Å²) in [4.78, 5) is 16.9. The number of ketones is 1. The summed E-state index contributed by atoms with van der Waals surface area (Å²) in [5.41, 5.74) is 2.34. The van der Waals surface area contributed by atoms with E-state index in [0.29, 0.717) is 22.1 Å². The van der Waals surface area contributed by atoms with Gasteiger partial charge in [-0.3, -0.25) is 9.52 Å². The molecule has 0 radical (unpaired) electrons. The van der Waals surface area contributed by atoms with Gasteiger partial charge < -0.3 is 4.42 Å². The van der Waals surface area contributed by atoms with Gasteiger partial charge in [0, 0.05) is 11.3 Å². The molecular formula is C17H16N2O4S2. The first-order valence-corrected chi connectivity index (χ1v) is 10.2. The summed E-state index contributed by atoms with van der Waals surface area (Å²) in [5, 5.41) is 0.0548. The van der Waals surface area contributed by atoms with Gasteiger partial charge in [-0.05, 0) is 43.3 Å². The number of carbonyl (C=O) groups is 1. The van der Waals surface area contributed by atoms with Crippen LogP contribution in [0.4, 0.5) is 5.69 Å². The molecule has 1 heterocycles. The van der Waals surface area contributed by atoms with Crippen LogP contribution in [0.1, 0.15) is 17.3 Å². The number of carbonyl (C=O) groups excluding carboxylic acids is 1. The van der Waals surface area contributed by atoms with E-state index in [2.05, 4.69) is 9.71 Å². The molecule has 25 heavy (non-hydrogen) atoms. The lowest BCUT2D eigenvalue weighted by molar-refractivity contribution is 0.0993. The zero-order chi connectivity index (χ0) is 18.0. The number of thioether (sulfide) groups is 1. The standard InChI is InChI=1S/C17H16N2O4S2/c1-11(24-17-18-14-5-3-4-6-15(14)23-17)16(20)12-7-9-13(10-8-12)19-25(2,21)22/h3-11,19H,1-2H3. The number of oxazole rings is 1. The summed E-state index contributed by atoms with van der Waals surface area (Å²) < 4.78 is 30.4. The number of hydrogen-bond donors (Lipinski definition) is 1. The largest absolute Gasteiger partial charge is 0.431 e. The number of rotatable bonds is 6. The topological polar surface area (TPSA) is 89.3 Å². The fraction of sp³-hybridized carbons (Fsp3) is 0.176. The molecule has 0 aliphatic carbocycles. The molecule has 0 saturated heterocycles. The Morgan fingerprint density at radius 2 is 1.84 bits per heavy atom. The van der Waals surface area contributed by atoms with Crippen LogP contribution in [0.3, 0.4) is 0 Å². The number of anilines is 1. The van der Waals surface area contributed by atoms with Crippen LogP contribution >= 0.6 is 11.8 Å². The molecule has 8 heteroatoms. The minimum absolute atomic E-state index is 0.0850. The molecule has 0 fully saturated rings. The van der Waals surface area contributed by atoms with E-state index in [1.807, 2.05) is 24.3 Å². The van der Waals surface area contributed by atoms with Crippen LogP contribution in [0.2, 0.25) is 0 Å². The van der Waals surface area contributed by atoms with Crippen molar-refractivity contribution in [2.75, 3.05) is 11.0 Å². The molecule has 0 spiro atoms. The number of Topliss-reactive ketones (excluding diaryl/α,β-unsaturated/α-hetero) is 1. The molecule has 0 saturated carbocycles. The van der Waals surface area contributed by atoms with E-state index >= 15 is 0 Å². The summed E-state index contributed by atoms with van der Waals surface area (Å²) in [5.74, 6) is -0.0850. The second-order valence-electron chi connectivity index (χ2n) is 5.52. The molecule has 1 atom stereocenters. The van der Waals surface area contributed by atoms with Crippen LogP contribution in [0.25, 0.3) is 11.1 Å². The van der Waals surface area contributed by atoms with Gasteiger partial charge in [0.15, 0.2) is 11.4 Å². The monoisotopic (exact) mass is 376 g/mol. The summed E-state index contributed by atoms with van der Waals surface area (Å²) in [6, 6.07) is 13.7. The number of fused-ring (bicyclic) bond motifs is 1. The first-order valence-electron chi connectivity index (χ1n) is 7.46. The second-order valence-corrected chi connectivity index (χ2v) is 8.56. The predicted octanol–water partition coefficient (Wildman–Crippen LogP) is 3.56. The molecule has 0 aliphatic rings. The maximum absolute atomic E-state index is 12.5. The molecular weight excluding hydrogens is 360 g/mol. The number of para-hydroxylation sites is 2. The highest BCUT2D eigenvalue weighted by Gasteiger charge is 2.19. The average Bonchev–Trinajstić information content (AvgIpc) is 2.95. The Bertz CT molecular complexity index is 978. The summed E-state index contributed by atoms with van der Waals surface area (Å²) >= 11 is 1.25. The van der Waals surface area contributed by atoms with Gasteiger partial charge in [0.25, 0.3) is 5.22 Å². The van der Waals surface area contributed by atoms with Crippen molar-refractivity contribution in [3.63, 3.8) is 0 Å². The van der Waals surface area contributed by atoms with E-state index < -0.39 is 10.0 Å². The molecule has 1 N–H and O–H groups in total. The molecule has 1 unspecified atom stereocenters. The van der Waals surface area contributed by atoms with Gasteiger partial charge in [0.2, 0.25) is 10.0 Å². The molecule has 3 rings (SSSR count). The summed E-state index contributed by atoms with van der Waals surface area (Å²) in [6.45, 7) is 1.78. The fourth-order valence-corrected chi connectivity index (χ4v) is 3.66. The van der Waals surface area contributed by atoms with Gasteiger partial charge in [-0.1, -0.05) is 23.9 Å². The molecule has 0 bridgehead atoms. The van der Waals surface area contributed by atoms with E-state index in [1.54, 1.807) is 31.2 Å². The van der Waals surface area contributed by atoms with Crippen LogP contribution in [-0.2, 0) is 10.0 Å². The summed E-state index contributed by atoms with van der Waals surface area (Å²) in [7, 11) is -3.34. The van der Waals surface area contributed by atoms with Crippen molar-refractivity contribution in [1.82, 2.24) is 4.98 Å². The number of aromatic nitrogens is 1. The van der Waals surface area contributed by atoms with Gasteiger partial charge in [0.1, 0.15) is 5.52 Å². The van der Waals surface area contributed by atoms with E-state index in [9.17, 15) is 13.2 Å². The van der Waals surface area contributed by atoms with Crippen molar-refractivity contribution >= 4 is 44.4 Å². The normalized spacial score (nSPS) is 12.9. The lowest BCUT2D eigenvalue weighted by atomic mass is 10.1. The van der Waals surface area contributed by atoms with E-state index in [1.165, 1.54) is 11.8 Å². The Morgan fingerprint density at radius 1 is 1.16 bits per heavy atom. The lowest BCUT2D eigenvalue weighted by Gasteiger charge is -2.09. The maximum atomic E-state index is 12.5. The molecule has 1 aromatic heterocycles. The molecule has 2 aromatic carbocycles. The third-order valence-corrected chi connectivity index (χ3v) is 4.94. The van der Waals surface area contributed by atoms with Crippen LogP contribution in [0.15, 0.2) is 58.2 Å². The molecule has 0 aliphatic heterocycles. The van der Waals surface area contributed by atoms with E-state index in [4.69, 9.17) is 4.42 Å². The van der Waals surface area contributed by atoms with Crippen LogP contribution in [-0.4, -0.2) is 30.7 Å². The van der Waals surface area contributed by atoms with E-state index in [-0.39, 0.29) is 11.0 Å². The number of benzene rings is 2. The highest BCUT2D eigenvalue weighted by molar-refractivity contribution is 8.00. The second kappa shape index (κ2) is 6.89. The Labute approximate surface area is 149 Å². The fourth-order valence-electron chi connectivity index (χ4n) is 2.26. The number of hydrogen-bond acceptors (Lipinski definition) is 6. The van der Waals surface area contributed by atoms with Crippen molar-refractivity contribution < 1.29 is 17.6 Å². The number of nitrogens with zero attached hydrogens (tertiary/aromatic N) is 1. The van der Waals surface area contributed by atoms with Crippen molar-refractivity contribution in [3.8, 4) is 0 Å². The maximum Gasteiger partial charge on any atom is 0.257 e. The SMILES string of the molecule is CC(Sc1nc2ccccc2o1)C(=O)c1ccc(NS(C)(=O)=O)cc1. The molecule has 3 aromatic rings. The smallest absolute Gasteiger partial charge is 0.257 e. The van der Waals surface area contributed by atoms with E-state index in [0.717, 1.165) is 11.8 Å². The molecule has 6 nitrogen and oxygen atoms in total. The lowest BCUT2D eigenvalue weighted by Crippen LogP contribution is -2.14. The van der Waals surface area contributed by atoms with Crippen LogP contribution in [0.5, 0.6) is 0 Å². The minimum atomic E-state index is -3.34. The van der Waals surface area contributed by atoms with Crippen molar-refractivity contribution in [2.24, 2.45) is 0 Å². The first-order chi connectivity index (χ1) is 11.8. The quantitative estimate of drug-likeness (QED) is 0.523. The third kappa shape index (κ3) is 4.40. The third-order valence-electron chi connectivity index (χ3n) is 3.39. The van der Waals surface area contributed by atoms with Gasteiger partial charge in [-0.25, -0.2) is 13.4 Å². The number of nitrogens with one attached hydrogen (secondary N) is 1. The zero-order valence-corrected chi connectivity index (χ0v) is 15.2. The van der Waals surface area contributed by atoms with Crippen LogP contribution < -0.4 is 4.72 Å².